The third-order valence-corrected chi connectivity index (χ3v) is 4.36. The lowest BCUT2D eigenvalue weighted by atomic mass is 9.71. The highest BCUT2D eigenvalue weighted by Gasteiger charge is 2.36. The van der Waals surface area contributed by atoms with Gasteiger partial charge in [0.05, 0.1) is 0 Å². The Morgan fingerprint density at radius 3 is 2.35 bits per heavy atom. The van der Waals surface area contributed by atoms with Gasteiger partial charge in [0.15, 0.2) is 0 Å². The first-order valence-corrected chi connectivity index (χ1v) is 6.63. The van der Waals surface area contributed by atoms with Crippen molar-refractivity contribution in [1.29, 1.82) is 0 Å². The molecule has 4 heteroatoms. The van der Waals surface area contributed by atoms with E-state index in [9.17, 15) is 4.79 Å². The van der Waals surface area contributed by atoms with Crippen molar-refractivity contribution in [3.05, 3.63) is 0 Å². The van der Waals surface area contributed by atoms with Gasteiger partial charge < -0.3 is 10.6 Å². The fourth-order valence-electron chi connectivity index (χ4n) is 2.87. The van der Waals surface area contributed by atoms with Gasteiger partial charge in [-0.25, -0.2) is 0 Å². The minimum Gasteiger partial charge on any atom is -0.343 e. The highest BCUT2D eigenvalue weighted by atomic mass is 35.5. The summed E-state index contributed by atoms with van der Waals surface area (Å²) in [6.07, 6.45) is 9.16. The van der Waals surface area contributed by atoms with Crippen molar-refractivity contribution in [3.8, 4) is 0 Å². The summed E-state index contributed by atoms with van der Waals surface area (Å²) in [5, 5.41) is 0. The lowest BCUT2D eigenvalue weighted by Crippen LogP contribution is -2.39. The normalized spacial score (nSPS) is 22.7. The zero-order valence-electron chi connectivity index (χ0n) is 10.8. The van der Waals surface area contributed by atoms with Crippen LogP contribution in [0, 0.1) is 5.41 Å². The Morgan fingerprint density at radius 2 is 1.88 bits per heavy atom. The number of carbonyl (C=O) groups is 1. The Bertz CT molecular complexity index is 260. The average Bonchev–Trinajstić information content (AvgIpc) is 3.13. The van der Waals surface area contributed by atoms with Gasteiger partial charge in [0.2, 0.25) is 5.91 Å². The Labute approximate surface area is 111 Å². The second-order valence-electron chi connectivity index (χ2n) is 5.68. The van der Waals surface area contributed by atoms with E-state index in [4.69, 9.17) is 5.73 Å². The predicted octanol–water partition coefficient (Wildman–Crippen LogP) is 2.33. The summed E-state index contributed by atoms with van der Waals surface area (Å²) in [5.74, 6) is 0.315. The second kappa shape index (κ2) is 6.05. The Kier molecular flexibility index (Phi) is 5.26. The lowest BCUT2D eigenvalue weighted by Gasteiger charge is -2.36. The standard InChI is InChI=1S/C13H24N2O.ClH/c1-15(11-5-6-11)12(16)9-13(10-14)7-3-2-4-8-13;/h11H,2-10,14H2,1H3;1H. The molecule has 3 nitrogen and oxygen atoms in total. The summed E-state index contributed by atoms with van der Waals surface area (Å²) in [4.78, 5) is 14.1. The molecule has 0 atom stereocenters. The van der Waals surface area contributed by atoms with E-state index in [0.29, 0.717) is 24.9 Å². The number of nitrogens with zero attached hydrogens (tertiary/aromatic N) is 1. The van der Waals surface area contributed by atoms with Crippen molar-refractivity contribution in [1.82, 2.24) is 4.90 Å². The minimum atomic E-state index is 0. The highest BCUT2D eigenvalue weighted by molar-refractivity contribution is 5.85. The molecule has 0 radical (unpaired) electrons. The number of halogens is 1. The molecular formula is C13H25ClN2O. The van der Waals surface area contributed by atoms with Gasteiger partial charge >= 0.3 is 0 Å². The molecule has 2 saturated carbocycles. The SMILES string of the molecule is CN(C(=O)CC1(CN)CCCCC1)C1CC1.Cl. The van der Waals surface area contributed by atoms with Crippen molar-refractivity contribution in [2.45, 2.75) is 57.4 Å². The molecule has 100 valence electrons. The van der Waals surface area contributed by atoms with Crippen LogP contribution < -0.4 is 5.73 Å². The van der Waals surface area contributed by atoms with Gasteiger partial charge in [-0.1, -0.05) is 19.3 Å². The molecule has 0 aromatic carbocycles. The van der Waals surface area contributed by atoms with E-state index in [0.717, 1.165) is 12.8 Å². The molecule has 2 N–H and O–H groups in total. The second-order valence-corrected chi connectivity index (χ2v) is 5.68. The smallest absolute Gasteiger partial charge is 0.223 e. The number of hydrogen-bond acceptors (Lipinski definition) is 2. The van der Waals surface area contributed by atoms with Crippen molar-refractivity contribution in [2.24, 2.45) is 11.1 Å². The number of amides is 1. The molecule has 0 aliphatic heterocycles. The molecule has 0 bridgehead atoms. The Balaban J connectivity index is 0.00000144. The molecule has 2 fully saturated rings. The van der Waals surface area contributed by atoms with E-state index >= 15 is 0 Å². The summed E-state index contributed by atoms with van der Waals surface area (Å²) in [5.41, 5.74) is 6.03. The van der Waals surface area contributed by atoms with Gasteiger partial charge in [0.1, 0.15) is 0 Å². The maximum atomic E-state index is 12.1. The summed E-state index contributed by atoms with van der Waals surface area (Å²) in [7, 11) is 1.95. The number of hydrogen-bond donors (Lipinski definition) is 1. The largest absolute Gasteiger partial charge is 0.343 e. The summed E-state index contributed by atoms with van der Waals surface area (Å²) in [6, 6.07) is 0.533. The number of carbonyl (C=O) groups excluding carboxylic acids is 1. The average molecular weight is 261 g/mol. The van der Waals surface area contributed by atoms with E-state index in [1.807, 2.05) is 11.9 Å². The Morgan fingerprint density at radius 1 is 1.29 bits per heavy atom. The maximum Gasteiger partial charge on any atom is 0.223 e. The van der Waals surface area contributed by atoms with Crippen LogP contribution in [0.3, 0.4) is 0 Å². The predicted molar refractivity (Wildman–Crippen MR) is 72.2 cm³/mol. The van der Waals surface area contributed by atoms with Crippen LogP contribution in [0.15, 0.2) is 0 Å². The monoisotopic (exact) mass is 260 g/mol. The van der Waals surface area contributed by atoms with Crippen LogP contribution in [0.2, 0.25) is 0 Å². The maximum absolute atomic E-state index is 12.1. The van der Waals surface area contributed by atoms with Crippen LogP contribution in [0.1, 0.15) is 51.4 Å². The molecule has 2 rings (SSSR count). The van der Waals surface area contributed by atoms with Crippen molar-refractivity contribution >= 4 is 18.3 Å². The van der Waals surface area contributed by atoms with E-state index in [1.54, 1.807) is 0 Å². The van der Waals surface area contributed by atoms with E-state index in [1.165, 1.54) is 32.1 Å². The van der Waals surface area contributed by atoms with Crippen LogP contribution in [0.5, 0.6) is 0 Å². The molecule has 0 aromatic heterocycles. The van der Waals surface area contributed by atoms with Gasteiger partial charge in [-0.2, -0.15) is 0 Å². The molecule has 0 spiro atoms. The van der Waals surface area contributed by atoms with E-state index < -0.39 is 0 Å². The molecule has 1 amide bonds. The zero-order chi connectivity index (χ0) is 11.6. The van der Waals surface area contributed by atoms with E-state index in [-0.39, 0.29) is 17.8 Å². The third-order valence-electron chi connectivity index (χ3n) is 4.36. The number of rotatable bonds is 4. The van der Waals surface area contributed by atoms with Crippen LogP contribution >= 0.6 is 12.4 Å². The van der Waals surface area contributed by atoms with Gasteiger partial charge in [-0.05, 0) is 37.6 Å². The van der Waals surface area contributed by atoms with Crippen LogP contribution in [-0.4, -0.2) is 30.4 Å². The summed E-state index contributed by atoms with van der Waals surface area (Å²) in [6.45, 7) is 0.678. The molecule has 2 aliphatic carbocycles. The molecular weight excluding hydrogens is 236 g/mol. The minimum absolute atomic E-state index is 0. The Hall–Kier alpha value is -0.280. The first-order chi connectivity index (χ1) is 7.67. The van der Waals surface area contributed by atoms with Crippen molar-refractivity contribution in [2.75, 3.05) is 13.6 Å². The van der Waals surface area contributed by atoms with Crippen molar-refractivity contribution in [3.63, 3.8) is 0 Å². The zero-order valence-corrected chi connectivity index (χ0v) is 11.6. The molecule has 17 heavy (non-hydrogen) atoms. The molecule has 0 saturated heterocycles. The summed E-state index contributed by atoms with van der Waals surface area (Å²) >= 11 is 0. The van der Waals surface area contributed by atoms with Gasteiger partial charge in [-0.3, -0.25) is 4.79 Å². The highest BCUT2D eigenvalue weighted by Crippen LogP contribution is 2.39. The van der Waals surface area contributed by atoms with Gasteiger partial charge in [-0.15, -0.1) is 12.4 Å². The summed E-state index contributed by atoms with van der Waals surface area (Å²) < 4.78 is 0. The van der Waals surface area contributed by atoms with E-state index in [2.05, 4.69) is 0 Å². The molecule has 0 unspecified atom stereocenters. The lowest BCUT2D eigenvalue weighted by molar-refractivity contribution is -0.133. The van der Waals surface area contributed by atoms with Crippen LogP contribution in [-0.2, 0) is 4.79 Å². The first kappa shape index (κ1) is 14.8. The molecule has 0 aromatic rings. The fourth-order valence-corrected chi connectivity index (χ4v) is 2.87. The third kappa shape index (κ3) is 3.59. The van der Waals surface area contributed by atoms with Crippen molar-refractivity contribution < 1.29 is 4.79 Å². The van der Waals surface area contributed by atoms with Crippen LogP contribution in [0.25, 0.3) is 0 Å². The van der Waals surface area contributed by atoms with Gasteiger partial charge in [0, 0.05) is 19.5 Å². The molecule has 2 aliphatic rings. The first-order valence-electron chi connectivity index (χ1n) is 6.63. The number of nitrogens with two attached hydrogens (primary N) is 1. The fraction of sp³-hybridized carbons (Fsp3) is 0.923. The topological polar surface area (TPSA) is 46.3 Å². The van der Waals surface area contributed by atoms with Gasteiger partial charge in [0.25, 0.3) is 0 Å². The quantitative estimate of drug-likeness (QED) is 0.843. The van der Waals surface area contributed by atoms with Crippen LogP contribution in [0.4, 0.5) is 0 Å². The molecule has 0 heterocycles.